The molecule has 5 nitrogen and oxygen atoms in total. The van der Waals surface area contributed by atoms with Crippen molar-refractivity contribution in [2.75, 3.05) is 6.61 Å². The van der Waals surface area contributed by atoms with Crippen LogP contribution in [0.25, 0.3) is 11.1 Å². The van der Waals surface area contributed by atoms with Gasteiger partial charge in [-0.05, 0) is 35.9 Å². The lowest BCUT2D eigenvalue weighted by molar-refractivity contribution is 0.0907. The van der Waals surface area contributed by atoms with E-state index in [-0.39, 0.29) is 12.5 Å². The van der Waals surface area contributed by atoms with Gasteiger partial charge in [-0.25, -0.2) is 0 Å². The second-order valence-electron chi connectivity index (χ2n) is 5.19. The number of furan rings is 1. The van der Waals surface area contributed by atoms with Crippen LogP contribution in [0.1, 0.15) is 22.2 Å². The monoisotopic (exact) mass is 342 g/mol. The van der Waals surface area contributed by atoms with Crippen molar-refractivity contribution in [1.82, 2.24) is 10.3 Å². The van der Waals surface area contributed by atoms with Crippen LogP contribution in [0.15, 0.2) is 65.5 Å². The Balaban J connectivity index is 1.80. The van der Waals surface area contributed by atoms with Crippen LogP contribution in [0.5, 0.6) is 0 Å². The van der Waals surface area contributed by atoms with Crippen LogP contribution >= 0.6 is 11.6 Å². The number of carbonyl (C=O) groups is 1. The Morgan fingerprint density at radius 1 is 1.21 bits per heavy atom. The molecule has 1 aromatic carbocycles. The minimum absolute atomic E-state index is 0.260. The van der Waals surface area contributed by atoms with Gasteiger partial charge < -0.3 is 14.8 Å². The minimum atomic E-state index is -0.605. The number of rotatable bonds is 5. The molecule has 1 amide bonds. The van der Waals surface area contributed by atoms with Gasteiger partial charge in [-0.15, -0.1) is 0 Å². The van der Waals surface area contributed by atoms with Crippen molar-refractivity contribution >= 4 is 17.5 Å². The highest BCUT2D eigenvalue weighted by Gasteiger charge is 2.17. The molecule has 24 heavy (non-hydrogen) atoms. The average Bonchev–Trinajstić information content (AvgIpc) is 3.14. The van der Waals surface area contributed by atoms with Gasteiger partial charge in [0.25, 0.3) is 5.91 Å². The predicted octanol–water partition coefficient (Wildman–Crippen LogP) is 3.46. The zero-order valence-corrected chi connectivity index (χ0v) is 13.4. The van der Waals surface area contributed by atoms with Crippen LogP contribution in [0.2, 0.25) is 5.02 Å². The fourth-order valence-corrected chi connectivity index (χ4v) is 2.43. The van der Waals surface area contributed by atoms with Crippen LogP contribution in [-0.2, 0) is 0 Å². The number of nitrogens with one attached hydrogen (secondary N) is 1. The van der Waals surface area contributed by atoms with Crippen molar-refractivity contribution in [2.45, 2.75) is 6.04 Å². The van der Waals surface area contributed by atoms with E-state index < -0.39 is 6.04 Å². The summed E-state index contributed by atoms with van der Waals surface area (Å²) in [6, 6.07) is 11.8. The van der Waals surface area contributed by atoms with Gasteiger partial charge in [0.15, 0.2) is 0 Å². The molecule has 2 N–H and O–H groups in total. The molecule has 1 atom stereocenters. The van der Waals surface area contributed by atoms with Gasteiger partial charge in [0.1, 0.15) is 11.8 Å². The van der Waals surface area contributed by atoms with Gasteiger partial charge in [-0.3, -0.25) is 9.78 Å². The van der Waals surface area contributed by atoms with Crippen LogP contribution in [0.4, 0.5) is 0 Å². The van der Waals surface area contributed by atoms with E-state index in [0.29, 0.717) is 16.3 Å². The standard InChI is InChI=1S/C18H15ClN2O3/c19-15-5-3-12(4-6-15)13-8-14(10-20-9-13)18(23)21-16(11-22)17-2-1-7-24-17/h1-10,16,22H,11H2,(H,21,23). The summed E-state index contributed by atoms with van der Waals surface area (Å²) in [5.74, 6) is 0.154. The summed E-state index contributed by atoms with van der Waals surface area (Å²) in [6.45, 7) is -0.260. The minimum Gasteiger partial charge on any atom is -0.467 e. The number of hydrogen-bond acceptors (Lipinski definition) is 4. The van der Waals surface area contributed by atoms with Crippen LogP contribution in [0.3, 0.4) is 0 Å². The summed E-state index contributed by atoms with van der Waals surface area (Å²) in [6.07, 6.45) is 4.65. The number of hydrogen-bond donors (Lipinski definition) is 2. The molecule has 0 saturated carbocycles. The maximum Gasteiger partial charge on any atom is 0.253 e. The highest BCUT2D eigenvalue weighted by atomic mass is 35.5. The number of benzene rings is 1. The largest absolute Gasteiger partial charge is 0.467 e. The molecule has 0 spiro atoms. The van der Waals surface area contributed by atoms with Gasteiger partial charge in [0, 0.05) is 23.0 Å². The molecule has 6 heteroatoms. The third-order valence-corrected chi connectivity index (χ3v) is 3.80. The Morgan fingerprint density at radius 3 is 2.67 bits per heavy atom. The van der Waals surface area contributed by atoms with Crippen molar-refractivity contribution < 1.29 is 14.3 Å². The molecule has 0 aliphatic carbocycles. The molecule has 0 saturated heterocycles. The van der Waals surface area contributed by atoms with E-state index in [9.17, 15) is 9.90 Å². The Kier molecular flexibility index (Phi) is 4.93. The third-order valence-electron chi connectivity index (χ3n) is 3.55. The number of halogens is 1. The van der Waals surface area contributed by atoms with Crippen LogP contribution < -0.4 is 5.32 Å². The molecule has 2 aromatic heterocycles. The molecule has 1 unspecified atom stereocenters. The zero-order valence-electron chi connectivity index (χ0n) is 12.6. The van der Waals surface area contributed by atoms with Gasteiger partial charge in [0.2, 0.25) is 0 Å². The van der Waals surface area contributed by atoms with Crippen molar-refractivity contribution in [2.24, 2.45) is 0 Å². The van der Waals surface area contributed by atoms with E-state index in [1.54, 1.807) is 36.5 Å². The molecule has 0 bridgehead atoms. The van der Waals surface area contributed by atoms with Crippen molar-refractivity contribution in [3.8, 4) is 11.1 Å². The van der Waals surface area contributed by atoms with E-state index in [4.69, 9.17) is 16.0 Å². The van der Waals surface area contributed by atoms with Crippen molar-refractivity contribution in [3.63, 3.8) is 0 Å². The topological polar surface area (TPSA) is 75.4 Å². The smallest absolute Gasteiger partial charge is 0.253 e. The number of aliphatic hydroxyl groups excluding tert-OH is 1. The number of pyridine rings is 1. The van der Waals surface area contributed by atoms with Gasteiger partial charge in [-0.2, -0.15) is 0 Å². The predicted molar refractivity (Wildman–Crippen MR) is 90.7 cm³/mol. The number of nitrogens with zero attached hydrogens (tertiary/aromatic N) is 1. The summed E-state index contributed by atoms with van der Waals surface area (Å²) in [4.78, 5) is 16.5. The number of amides is 1. The Labute approximate surface area is 143 Å². The molecule has 2 heterocycles. The van der Waals surface area contributed by atoms with E-state index in [2.05, 4.69) is 10.3 Å². The summed E-state index contributed by atoms with van der Waals surface area (Å²) < 4.78 is 5.22. The van der Waals surface area contributed by atoms with Crippen LogP contribution in [0, 0.1) is 0 Å². The van der Waals surface area contributed by atoms with Crippen LogP contribution in [-0.4, -0.2) is 22.6 Å². The van der Waals surface area contributed by atoms with E-state index >= 15 is 0 Å². The first-order valence-electron chi connectivity index (χ1n) is 7.33. The van der Waals surface area contributed by atoms with E-state index in [0.717, 1.165) is 11.1 Å². The summed E-state index contributed by atoms with van der Waals surface area (Å²) in [5.41, 5.74) is 2.11. The SMILES string of the molecule is O=C(NC(CO)c1ccco1)c1cncc(-c2ccc(Cl)cc2)c1. The lowest BCUT2D eigenvalue weighted by Gasteiger charge is -2.14. The molecule has 3 rings (SSSR count). The Morgan fingerprint density at radius 2 is 2.00 bits per heavy atom. The number of aromatic nitrogens is 1. The molecule has 0 aliphatic rings. The molecule has 122 valence electrons. The molecular weight excluding hydrogens is 328 g/mol. The van der Waals surface area contributed by atoms with E-state index in [1.807, 2.05) is 12.1 Å². The first kappa shape index (κ1) is 16.2. The van der Waals surface area contributed by atoms with Gasteiger partial charge >= 0.3 is 0 Å². The van der Waals surface area contributed by atoms with Crippen molar-refractivity contribution in [3.05, 3.63) is 77.5 Å². The van der Waals surface area contributed by atoms with Crippen molar-refractivity contribution in [1.29, 1.82) is 0 Å². The third kappa shape index (κ3) is 3.64. The van der Waals surface area contributed by atoms with Gasteiger partial charge in [0.05, 0.1) is 18.4 Å². The van der Waals surface area contributed by atoms with E-state index in [1.165, 1.54) is 12.5 Å². The molecule has 0 radical (unpaired) electrons. The first-order chi connectivity index (χ1) is 11.7. The molecule has 0 aliphatic heterocycles. The summed E-state index contributed by atoms with van der Waals surface area (Å²) in [5, 5.41) is 12.8. The highest BCUT2D eigenvalue weighted by molar-refractivity contribution is 6.30. The maximum atomic E-state index is 12.4. The maximum absolute atomic E-state index is 12.4. The molecule has 0 fully saturated rings. The Bertz CT molecular complexity index is 817. The average molecular weight is 343 g/mol. The second kappa shape index (κ2) is 7.29. The fraction of sp³-hybridized carbons (Fsp3) is 0.111. The second-order valence-corrected chi connectivity index (χ2v) is 5.63. The normalized spacial score (nSPS) is 11.9. The Hall–Kier alpha value is -2.63. The fourth-order valence-electron chi connectivity index (χ4n) is 2.30. The van der Waals surface area contributed by atoms with Gasteiger partial charge in [-0.1, -0.05) is 23.7 Å². The summed E-state index contributed by atoms with van der Waals surface area (Å²) in [7, 11) is 0. The lowest BCUT2D eigenvalue weighted by atomic mass is 10.1. The molecular formula is C18H15ClN2O3. The lowest BCUT2D eigenvalue weighted by Crippen LogP contribution is -2.30. The number of carbonyl (C=O) groups excluding carboxylic acids is 1. The quantitative estimate of drug-likeness (QED) is 0.744. The summed E-state index contributed by atoms with van der Waals surface area (Å²) >= 11 is 5.89. The first-order valence-corrected chi connectivity index (χ1v) is 7.71. The zero-order chi connectivity index (χ0) is 16.9. The number of aliphatic hydroxyl groups is 1. The highest BCUT2D eigenvalue weighted by Crippen LogP contribution is 2.22. The molecule has 3 aromatic rings.